The third kappa shape index (κ3) is 3.94. The van der Waals surface area contributed by atoms with Crippen LogP contribution in [0.4, 0.5) is 6.01 Å². The highest BCUT2D eigenvalue weighted by Gasteiger charge is 2.24. The highest BCUT2D eigenvalue weighted by atomic mass is 16.4. The summed E-state index contributed by atoms with van der Waals surface area (Å²) in [7, 11) is 4.29. The summed E-state index contributed by atoms with van der Waals surface area (Å²) >= 11 is 0. The van der Waals surface area contributed by atoms with Crippen LogP contribution in [0.2, 0.25) is 0 Å². The zero-order valence-corrected chi connectivity index (χ0v) is 12.4. The predicted octanol–water partition coefficient (Wildman–Crippen LogP) is 1.70. The molecule has 0 aliphatic carbocycles. The highest BCUT2D eigenvalue weighted by molar-refractivity contribution is 5.28. The molecule has 108 valence electrons. The Labute approximate surface area is 116 Å². The van der Waals surface area contributed by atoms with Crippen LogP contribution in [0.25, 0.3) is 0 Å². The minimum atomic E-state index is 0.599. The molecule has 0 aromatic carbocycles. The second-order valence-electron chi connectivity index (χ2n) is 5.50. The Morgan fingerprint density at radius 3 is 3.11 bits per heavy atom. The molecule has 2 rings (SSSR count). The molecule has 0 bridgehead atoms. The average molecular weight is 266 g/mol. The first-order chi connectivity index (χ1) is 9.20. The van der Waals surface area contributed by atoms with Gasteiger partial charge in [-0.05, 0) is 39.9 Å². The van der Waals surface area contributed by atoms with Gasteiger partial charge in [-0.1, -0.05) is 6.92 Å². The summed E-state index contributed by atoms with van der Waals surface area (Å²) in [5.74, 6) is 0. The lowest BCUT2D eigenvalue weighted by Crippen LogP contribution is -2.45. The molecular weight excluding hydrogens is 240 g/mol. The molecule has 1 saturated heterocycles. The summed E-state index contributed by atoms with van der Waals surface area (Å²) < 4.78 is 5.62. The molecule has 1 aromatic rings. The number of rotatable bonds is 6. The quantitative estimate of drug-likeness (QED) is 0.794. The van der Waals surface area contributed by atoms with Gasteiger partial charge in [-0.3, -0.25) is 0 Å². The lowest BCUT2D eigenvalue weighted by Gasteiger charge is -2.35. The summed E-state index contributed by atoms with van der Waals surface area (Å²) in [6, 6.07) is 1.38. The van der Waals surface area contributed by atoms with E-state index in [-0.39, 0.29) is 0 Å². The average Bonchev–Trinajstić information content (AvgIpc) is 2.88. The molecule has 5 nitrogen and oxygen atoms in total. The van der Waals surface area contributed by atoms with Crippen LogP contribution >= 0.6 is 0 Å². The monoisotopic (exact) mass is 266 g/mol. The van der Waals surface area contributed by atoms with Crippen LogP contribution in [0.15, 0.2) is 10.7 Å². The van der Waals surface area contributed by atoms with E-state index in [1.807, 2.05) is 0 Å². The second kappa shape index (κ2) is 6.91. The van der Waals surface area contributed by atoms with Crippen molar-refractivity contribution in [1.82, 2.24) is 15.2 Å². The standard InChI is InChI=1S/C14H26N4O/c1-4-7-15-9-12-11-19-14(16-12)18-8-5-6-13(10-18)17(2)3/h11,13,15H,4-10H2,1-3H3. The Bertz CT molecular complexity index is 377. The number of hydrogen-bond acceptors (Lipinski definition) is 5. The maximum atomic E-state index is 5.62. The van der Waals surface area contributed by atoms with Gasteiger partial charge >= 0.3 is 0 Å². The van der Waals surface area contributed by atoms with Crippen molar-refractivity contribution < 1.29 is 4.42 Å². The van der Waals surface area contributed by atoms with Crippen molar-refractivity contribution in [2.45, 2.75) is 38.8 Å². The number of hydrogen-bond donors (Lipinski definition) is 1. The van der Waals surface area contributed by atoms with Crippen LogP contribution in [-0.2, 0) is 6.54 Å². The van der Waals surface area contributed by atoms with Gasteiger partial charge in [0.15, 0.2) is 0 Å². The fourth-order valence-corrected chi connectivity index (χ4v) is 2.47. The summed E-state index contributed by atoms with van der Waals surface area (Å²) in [4.78, 5) is 9.13. The number of likely N-dealkylation sites (N-methyl/N-ethyl adjacent to an activating group) is 1. The largest absolute Gasteiger partial charge is 0.432 e. The predicted molar refractivity (Wildman–Crippen MR) is 77.4 cm³/mol. The fraction of sp³-hybridized carbons (Fsp3) is 0.786. The molecule has 0 spiro atoms. The lowest BCUT2D eigenvalue weighted by atomic mass is 10.1. The van der Waals surface area contributed by atoms with E-state index in [4.69, 9.17) is 4.42 Å². The molecule has 1 N–H and O–H groups in total. The lowest BCUT2D eigenvalue weighted by molar-refractivity contribution is 0.253. The normalized spacial score (nSPS) is 20.2. The number of aromatic nitrogens is 1. The zero-order valence-electron chi connectivity index (χ0n) is 12.4. The smallest absolute Gasteiger partial charge is 0.297 e. The number of nitrogens with zero attached hydrogens (tertiary/aromatic N) is 3. The molecule has 19 heavy (non-hydrogen) atoms. The molecule has 1 aromatic heterocycles. The Hall–Kier alpha value is -1.07. The molecule has 1 unspecified atom stereocenters. The molecule has 5 heteroatoms. The van der Waals surface area contributed by atoms with Crippen LogP contribution in [0.5, 0.6) is 0 Å². The Morgan fingerprint density at radius 1 is 1.53 bits per heavy atom. The van der Waals surface area contributed by atoms with E-state index in [1.54, 1.807) is 6.26 Å². The molecule has 1 atom stereocenters. The van der Waals surface area contributed by atoms with Crippen LogP contribution in [-0.4, -0.2) is 49.7 Å². The summed E-state index contributed by atoms with van der Waals surface area (Å²) in [5.41, 5.74) is 0.996. The van der Waals surface area contributed by atoms with Crippen molar-refractivity contribution in [3.05, 3.63) is 12.0 Å². The summed E-state index contributed by atoms with van der Waals surface area (Å²) in [6.07, 6.45) is 5.38. The van der Waals surface area contributed by atoms with Crippen LogP contribution in [0, 0.1) is 0 Å². The number of anilines is 1. The van der Waals surface area contributed by atoms with E-state index in [0.29, 0.717) is 6.04 Å². The minimum Gasteiger partial charge on any atom is -0.432 e. The van der Waals surface area contributed by atoms with E-state index in [0.717, 1.165) is 44.3 Å². The Balaban J connectivity index is 1.90. The SMILES string of the molecule is CCCNCc1coc(N2CCCC(N(C)C)C2)n1. The molecule has 0 radical (unpaired) electrons. The first kappa shape index (κ1) is 14.3. The number of oxazole rings is 1. The van der Waals surface area contributed by atoms with Crippen molar-refractivity contribution in [3.8, 4) is 0 Å². The van der Waals surface area contributed by atoms with Gasteiger partial charge < -0.3 is 19.5 Å². The summed E-state index contributed by atoms with van der Waals surface area (Å²) in [6.45, 7) is 6.04. The first-order valence-corrected chi connectivity index (χ1v) is 7.27. The summed E-state index contributed by atoms with van der Waals surface area (Å²) in [5, 5.41) is 3.35. The third-order valence-electron chi connectivity index (χ3n) is 3.67. The number of nitrogens with one attached hydrogen (secondary N) is 1. The fourth-order valence-electron chi connectivity index (χ4n) is 2.47. The molecule has 1 fully saturated rings. The van der Waals surface area contributed by atoms with Gasteiger partial charge in [-0.25, -0.2) is 0 Å². The van der Waals surface area contributed by atoms with Crippen LogP contribution < -0.4 is 10.2 Å². The van der Waals surface area contributed by atoms with E-state index in [2.05, 4.69) is 41.1 Å². The number of piperidine rings is 1. The van der Waals surface area contributed by atoms with Crippen LogP contribution in [0.3, 0.4) is 0 Å². The Morgan fingerprint density at radius 2 is 2.37 bits per heavy atom. The van der Waals surface area contributed by atoms with Gasteiger partial charge in [0.2, 0.25) is 0 Å². The van der Waals surface area contributed by atoms with Gasteiger partial charge in [-0.15, -0.1) is 0 Å². The van der Waals surface area contributed by atoms with Crippen molar-refractivity contribution in [2.24, 2.45) is 0 Å². The van der Waals surface area contributed by atoms with Gasteiger partial charge in [0.1, 0.15) is 6.26 Å². The van der Waals surface area contributed by atoms with Crippen molar-refractivity contribution in [2.75, 3.05) is 38.6 Å². The van der Waals surface area contributed by atoms with E-state index < -0.39 is 0 Å². The van der Waals surface area contributed by atoms with Crippen molar-refractivity contribution >= 4 is 6.01 Å². The highest BCUT2D eigenvalue weighted by Crippen LogP contribution is 2.21. The maximum Gasteiger partial charge on any atom is 0.297 e. The van der Waals surface area contributed by atoms with E-state index in [9.17, 15) is 0 Å². The minimum absolute atomic E-state index is 0.599. The molecule has 1 aliphatic heterocycles. The van der Waals surface area contributed by atoms with Gasteiger partial charge in [0, 0.05) is 25.7 Å². The molecular formula is C14H26N4O. The first-order valence-electron chi connectivity index (χ1n) is 7.27. The molecule has 0 saturated carbocycles. The molecule has 1 aliphatic rings. The van der Waals surface area contributed by atoms with Crippen molar-refractivity contribution in [1.29, 1.82) is 0 Å². The topological polar surface area (TPSA) is 44.5 Å². The van der Waals surface area contributed by atoms with Gasteiger partial charge in [-0.2, -0.15) is 4.98 Å². The van der Waals surface area contributed by atoms with Crippen LogP contribution in [0.1, 0.15) is 31.9 Å². The third-order valence-corrected chi connectivity index (χ3v) is 3.67. The van der Waals surface area contributed by atoms with Crippen molar-refractivity contribution in [3.63, 3.8) is 0 Å². The van der Waals surface area contributed by atoms with Gasteiger partial charge in [0.25, 0.3) is 6.01 Å². The Kier molecular flexibility index (Phi) is 5.22. The second-order valence-corrected chi connectivity index (χ2v) is 5.50. The molecule has 0 amide bonds. The maximum absolute atomic E-state index is 5.62. The molecule has 2 heterocycles. The van der Waals surface area contributed by atoms with E-state index in [1.165, 1.54) is 12.8 Å². The van der Waals surface area contributed by atoms with Gasteiger partial charge in [0.05, 0.1) is 5.69 Å². The van der Waals surface area contributed by atoms with E-state index >= 15 is 0 Å². The zero-order chi connectivity index (χ0) is 13.7.